The molecule has 1 aromatic carbocycles. The average molecular weight is 285 g/mol. The highest BCUT2D eigenvalue weighted by Gasteiger charge is 2.40. The van der Waals surface area contributed by atoms with E-state index in [4.69, 9.17) is 19.3 Å². The summed E-state index contributed by atoms with van der Waals surface area (Å²) in [5.41, 5.74) is 9.08. The standard InChI is InChI=1S/C17H19NO3/c1-9-6-11-13(8-17(18)4-5-17)14-12(7-10(2)20-14)15(19-3)16(11)21-9/h6-7H,4-5,8,18H2,1-3H3. The number of hydrogen-bond donors (Lipinski definition) is 1. The van der Waals surface area contributed by atoms with Crippen LogP contribution in [-0.4, -0.2) is 12.6 Å². The van der Waals surface area contributed by atoms with Gasteiger partial charge in [-0.25, -0.2) is 0 Å². The molecule has 0 spiro atoms. The molecule has 0 bridgehead atoms. The highest BCUT2D eigenvalue weighted by molar-refractivity contribution is 6.04. The Balaban J connectivity index is 2.11. The first-order chi connectivity index (χ1) is 10.0. The highest BCUT2D eigenvalue weighted by atomic mass is 16.5. The van der Waals surface area contributed by atoms with E-state index in [0.29, 0.717) is 0 Å². The maximum Gasteiger partial charge on any atom is 0.177 e. The minimum absolute atomic E-state index is 0.0830. The lowest BCUT2D eigenvalue weighted by atomic mass is 9.98. The van der Waals surface area contributed by atoms with Crippen molar-refractivity contribution in [2.75, 3.05) is 7.11 Å². The van der Waals surface area contributed by atoms with Crippen LogP contribution in [0.15, 0.2) is 21.0 Å². The van der Waals surface area contributed by atoms with Gasteiger partial charge in [0.05, 0.1) is 12.5 Å². The number of methoxy groups -OCH3 is 1. The molecule has 0 radical (unpaired) electrons. The second-order valence-electron chi connectivity index (χ2n) is 6.25. The first-order valence-corrected chi connectivity index (χ1v) is 7.29. The van der Waals surface area contributed by atoms with Crippen LogP contribution in [0.5, 0.6) is 5.75 Å². The van der Waals surface area contributed by atoms with Gasteiger partial charge in [0.1, 0.15) is 17.1 Å². The van der Waals surface area contributed by atoms with Gasteiger partial charge >= 0.3 is 0 Å². The van der Waals surface area contributed by atoms with Crippen LogP contribution >= 0.6 is 0 Å². The first kappa shape index (κ1) is 12.8. The number of fused-ring (bicyclic) bond motifs is 2. The first-order valence-electron chi connectivity index (χ1n) is 7.29. The summed E-state index contributed by atoms with van der Waals surface area (Å²) in [5.74, 6) is 2.49. The molecule has 110 valence electrons. The number of rotatable bonds is 3. The largest absolute Gasteiger partial charge is 0.492 e. The molecule has 2 heterocycles. The summed E-state index contributed by atoms with van der Waals surface area (Å²) < 4.78 is 17.4. The zero-order valence-corrected chi connectivity index (χ0v) is 12.6. The van der Waals surface area contributed by atoms with E-state index in [9.17, 15) is 0 Å². The van der Waals surface area contributed by atoms with E-state index in [1.54, 1.807) is 7.11 Å². The van der Waals surface area contributed by atoms with Gasteiger partial charge in [0.25, 0.3) is 0 Å². The van der Waals surface area contributed by atoms with Crippen LogP contribution in [-0.2, 0) is 6.42 Å². The second-order valence-corrected chi connectivity index (χ2v) is 6.25. The maximum atomic E-state index is 6.34. The molecule has 0 atom stereocenters. The van der Waals surface area contributed by atoms with E-state index < -0.39 is 0 Å². The minimum atomic E-state index is -0.0830. The summed E-state index contributed by atoms with van der Waals surface area (Å²) in [7, 11) is 1.67. The molecular formula is C17H19NO3. The molecule has 0 aliphatic heterocycles. The van der Waals surface area contributed by atoms with Crippen LogP contribution in [0.2, 0.25) is 0 Å². The molecule has 2 N–H and O–H groups in total. The molecule has 4 rings (SSSR count). The summed E-state index contributed by atoms with van der Waals surface area (Å²) in [6.07, 6.45) is 2.95. The Morgan fingerprint density at radius 1 is 1.10 bits per heavy atom. The van der Waals surface area contributed by atoms with Crippen molar-refractivity contribution in [3.05, 3.63) is 29.2 Å². The predicted octanol–water partition coefficient (Wildman–Crippen LogP) is 3.84. The van der Waals surface area contributed by atoms with E-state index in [1.165, 1.54) is 0 Å². The number of benzene rings is 1. The Labute approximate surface area is 122 Å². The fraction of sp³-hybridized carbons (Fsp3) is 0.412. The molecule has 0 amide bonds. The van der Waals surface area contributed by atoms with Gasteiger partial charge in [-0.2, -0.15) is 0 Å². The molecule has 4 nitrogen and oxygen atoms in total. The van der Waals surface area contributed by atoms with Crippen LogP contribution in [0.3, 0.4) is 0 Å². The van der Waals surface area contributed by atoms with Gasteiger partial charge in [-0.15, -0.1) is 0 Å². The van der Waals surface area contributed by atoms with Crippen molar-refractivity contribution in [1.29, 1.82) is 0 Å². The van der Waals surface area contributed by atoms with Gasteiger partial charge in [-0.05, 0) is 45.2 Å². The van der Waals surface area contributed by atoms with Gasteiger partial charge in [0, 0.05) is 16.5 Å². The molecule has 1 aliphatic carbocycles. The zero-order chi connectivity index (χ0) is 14.8. The zero-order valence-electron chi connectivity index (χ0n) is 12.6. The molecule has 3 aromatic rings. The van der Waals surface area contributed by atoms with Crippen molar-refractivity contribution < 1.29 is 13.6 Å². The van der Waals surface area contributed by atoms with Crippen molar-refractivity contribution in [2.45, 2.75) is 38.6 Å². The molecule has 1 fully saturated rings. The van der Waals surface area contributed by atoms with Gasteiger partial charge < -0.3 is 19.3 Å². The van der Waals surface area contributed by atoms with E-state index in [-0.39, 0.29) is 5.54 Å². The summed E-state index contributed by atoms with van der Waals surface area (Å²) in [6.45, 7) is 3.90. The van der Waals surface area contributed by atoms with Crippen molar-refractivity contribution in [3.8, 4) is 5.75 Å². The number of ether oxygens (including phenoxy) is 1. The van der Waals surface area contributed by atoms with Crippen molar-refractivity contribution in [2.24, 2.45) is 5.73 Å². The fourth-order valence-corrected chi connectivity index (χ4v) is 3.13. The Hall–Kier alpha value is -1.94. The third kappa shape index (κ3) is 1.86. The Kier molecular flexibility index (Phi) is 2.46. The van der Waals surface area contributed by atoms with Gasteiger partial charge in [-0.3, -0.25) is 0 Å². The van der Waals surface area contributed by atoms with Crippen LogP contribution in [0.25, 0.3) is 21.9 Å². The number of furan rings is 2. The van der Waals surface area contributed by atoms with Crippen LogP contribution < -0.4 is 10.5 Å². The molecular weight excluding hydrogens is 266 g/mol. The van der Waals surface area contributed by atoms with Crippen molar-refractivity contribution >= 4 is 21.9 Å². The van der Waals surface area contributed by atoms with Crippen LogP contribution in [0.4, 0.5) is 0 Å². The molecule has 21 heavy (non-hydrogen) atoms. The summed E-state index contributed by atoms with van der Waals surface area (Å²) >= 11 is 0. The normalized spacial score (nSPS) is 16.8. The SMILES string of the molecule is COc1c2cc(C)oc2c(CC2(N)CC2)c2cc(C)oc12. The van der Waals surface area contributed by atoms with Crippen LogP contribution in [0.1, 0.15) is 29.9 Å². The van der Waals surface area contributed by atoms with Gasteiger partial charge in [0.15, 0.2) is 11.3 Å². The van der Waals surface area contributed by atoms with Crippen molar-refractivity contribution in [1.82, 2.24) is 0 Å². The van der Waals surface area contributed by atoms with Crippen LogP contribution in [0, 0.1) is 13.8 Å². The Bertz CT molecular complexity index is 794. The molecule has 1 saturated carbocycles. The topological polar surface area (TPSA) is 61.5 Å². The average Bonchev–Trinajstić information content (AvgIpc) is 2.83. The van der Waals surface area contributed by atoms with E-state index >= 15 is 0 Å². The smallest absolute Gasteiger partial charge is 0.177 e. The van der Waals surface area contributed by atoms with Crippen molar-refractivity contribution in [3.63, 3.8) is 0 Å². The van der Waals surface area contributed by atoms with E-state index in [2.05, 4.69) is 6.07 Å². The lowest BCUT2D eigenvalue weighted by molar-refractivity contribution is 0.413. The number of nitrogens with two attached hydrogens (primary N) is 1. The van der Waals surface area contributed by atoms with E-state index in [0.717, 1.165) is 64.0 Å². The molecule has 0 saturated heterocycles. The molecule has 4 heteroatoms. The van der Waals surface area contributed by atoms with E-state index in [1.807, 2.05) is 19.9 Å². The lowest BCUT2D eigenvalue weighted by Gasteiger charge is -2.12. The second kappa shape index (κ2) is 4.04. The Morgan fingerprint density at radius 3 is 2.33 bits per heavy atom. The monoisotopic (exact) mass is 285 g/mol. The highest BCUT2D eigenvalue weighted by Crippen LogP contribution is 2.45. The third-order valence-electron chi connectivity index (χ3n) is 4.39. The third-order valence-corrected chi connectivity index (χ3v) is 4.39. The molecule has 1 aliphatic rings. The van der Waals surface area contributed by atoms with Gasteiger partial charge in [-0.1, -0.05) is 0 Å². The predicted molar refractivity (Wildman–Crippen MR) is 81.9 cm³/mol. The molecule has 2 aromatic heterocycles. The summed E-state index contributed by atoms with van der Waals surface area (Å²) in [6, 6.07) is 4.06. The lowest BCUT2D eigenvalue weighted by Crippen LogP contribution is -2.24. The fourth-order valence-electron chi connectivity index (χ4n) is 3.13. The maximum absolute atomic E-state index is 6.34. The molecule has 0 unspecified atom stereocenters. The Morgan fingerprint density at radius 2 is 1.71 bits per heavy atom. The van der Waals surface area contributed by atoms with Gasteiger partial charge in [0.2, 0.25) is 0 Å². The summed E-state index contributed by atoms with van der Waals surface area (Å²) in [5, 5.41) is 2.03. The minimum Gasteiger partial charge on any atom is -0.492 e. The number of aryl methyl sites for hydroxylation is 2. The summed E-state index contributed by atoms with van der Waals surface area (Å²) in [4.78, 5) is 0. The quantitative estimate of drug-likeness (QED) is 0.794. The number of hydrogen-bond acceptors (Lipinski definition) is 4.